The minimum absolute atomic E-state index is 0.0135. The molecule has 13 heteroatoms. The van der Waals surface area contributed by atoms with Crippen molar-refractivity contribution in [2.24, 2.45) is 5.73 Å². The van der Waals surface area contributed by atoms with Crippen LogP contribution in [0.25, 0.3) is 0 Å². The van der Waals surface area contributed by atoms with E-state index in [0.717, 1.165) is 0 Å². The quantitative estimate of drug-likeness (QED) is 0.260. The van der Waals surface area contributed by atoms with Gasteiger partial charge in [0.2, 0.25) is 0 Å². The molecule has 0 aromatic carbocycles. The van der Waals surface area contributed by atoms with Crippen molar-refractivity contribution in [1.82, 2.24) is 0 Å². The lowest BCUT2D eigenvalue weighted by Gasteiger charge is -2.11. The van der Waals surface area contributed by atoms with Crippen LogP contribution in [0, 0.1) is 0 Å². The summed E-state index contributed by atoms with van der Waals surface area (Å²) in [4.78, 5) is 54.2. The summed E-state index contributed by atoms with van der Waals surface area (Å²) in [5.74, 6) is -2.58. The maximum atomic E-state index is 10.5. The summed E-state index contributed by atoms with van der Waals surface area (Å²) in [6.07, 6.45) is 0.355. The minimum atomic E-state index is -4.45. The molecule has 0 radical (unpaired) electrons. The maximum absolute atomic E-state index is 10.5. The van der Waals surface area contributed by atoms with Crippen LogP contribution in [0.4, 0.5) is 0 Å². The summed E-state index contributed by atoms with van der Waals surface area (Å²) in [5.41, 5.74) is 3.56. The summed E-state index contributed by atoms with van der Waals surface area (Å²) in [7, 11) is -8.45. The van der Waals surface area contributed by atoms with E-state index in [4.69, 9.17) is 35.5 Å². The molecule has 138 valence electrons. The number of aliphatic carboxylic acids is 2. The van der Waals surface area contributed by atoms with E-state index in [-0.39, 0.29) is 25.4 Å². The van der Waals surface area contributed by atoms with Crippen LogP contribution >= 0.6 is 15.2 Å². The lowest BCUT2D eigenvalue weighted by molar-refractivity contribution is -0.139. The van der Waals surface area contributed by atoms with Crippen LogP contribution in [0.5, 0.6) is 0 Å². The van der Waals surface area contributed by atoms with Crippen molar-refractivity contribution in [2.75, 3.05) is 6.16 Å². The molecule has 0 aromatic rings. The molecule has 23 heavy (non-hydrogen) atoms. The van der Waals surface area contributed by atoms with Gasteiger partial charge in [0.15, 0.2) is 5.66 Å². The number of hydrogen-bond acceptors (Lipinski definition) is 5. The summed E-state index contributed by atoms with van der Waals surface area (Å²) in [5, 5.41) is 16.6. The molecule has 0 fully saturated rings. The molecule has 0 aliphatic carbocycles. The second-order valence-electron chi connectivity index (χ2n) is 4.71. The van der Waals surface area contributed by atoms with Gasteiger partial charge in [0, 0.05) is 6.16 Å². The van der Waals surface area contributed by atoms with E-state index in [1.54, 1.807) is 6.92 Å². The molecule has 8 N–H and O–H groups in total. The first-order valence-electron chi connectivity index (χ1n) is 6.53. The van der Waals surface area contributed by atoms with Crippen molar-refractivity contribution in [2.45, 2.75) is 44.3 Å². The van der Waals surface area contributed by atoms with E-state index >= 15 is 0 Å². The fraction of sp³-hybridized carbons (Fsp3) is 0.800. The molecule has 0 heterocycles. The highest BCUT2D eigenvalue weighted by Crippen LogP contribution is 2.43. The molecule has 0 rings (SSSR count). The van der Waals surface area contributed by atoms with Gasteiger partial charge in [0.1, 0.15) is 6.04 Å². The zero-order valence-electron chi connectivity index (χ0n) is 12.5. The van der Waals surface area contributed by atoms with Crippen LogP contribution in [0.2, 0.25) is 0 Å². The van der Waals surface area contributed by atoms with E-state index in [2.05, 4.69) is 0 Å². The van der Waals surface area contributed by atoms with Gasteiger partial charge >= 0.3 is 27.1 Å². The monoisotopic (exact) mass is 379 g/mol. The average molecular weight is 379 g/mol. The number of carbonyl (C=O) groups is 2. The third-order valence-corrected chi connectivity index (χ3v) is 4.72. The van der Waals surface area contributed by atoms with Crippen molar-refractivity contribution < 1.29 is 48.5 Å². The fourth-order valence-corrected chi connectivity index (χ4v) is 2.83. The molecule has 1 unspecified atom stereocenters. The standard InChI is InChI=1S/C5H12NO5P.C5H11O5P/c6-4(5(7)8)2-1-3-12(9,10)11;1-2-3-4(5(6)7)11(8,9)10/h4H,1-3,6H2,(H,7,8)(H2,9,10,11);4H,2-3H2,1H3,(H,6,7)(H2,8,9,10)/t4-;/m1./s1. The van der Waals surface area contributed by atoms with Gasteiger partial charge in [-0.2, -0.15) is 0 Å². The van der Waals surface area contributed by atoms with Crippen LogP contribution < -0.4 is 5.73 Å². The molecule has 0 amide bonds. The van der Waals surface area contributed by atoms with Gasteiger partial charge in [0.25, 0.3) is 0 Å². The van der Waals surface area contributed by atoms with Gasteiger partial charge in [-0.05, 0) is 19.3 Å². The van der Waals surface area contributed by atoms with E-state index in [9.17, 15) is 18.7 Å². The zero-order chi connectivity index (χ0) is 18.8. The molecule has 0 aromatic heterocycles. The molecule has 0 saturated carbocycles. The normalized spacial score (nSPS) is 14.3. The molecule has 0 spiro atoms. The predicted octanol–water partition coefficient (Wildman–Crippen LogP) is -0.226. The van der Waals surface area contributed by atoms with Crippen LogP contribution in [-0.4, -0.2) is 59.6 Å². The molecule has 0 aliphatic rings. The van der Waals surface area contributed by atoms with Gasteiger partial charge in [-0.15, -0.1) is 0 Å². The Morgan fingerprint density at radius 1 is 1.00 bits per heavy atom. The van der Waals surface area contributed by atoms with Crippen LogP contribution in [-0.2, 0) is 18.7 Å². The first kappa shape index (κ1) is 24.5. The van der Waals surface area contributed by atoms with E-state index < -0.39 is 38.8 Å². The van der Waals surface area contributed by atoms with Gasteiger partial charge in [-0.3, -0.25) is 18.7 Å². The van der Waals surface area contributed by atoms with Gasteiger partial charge in [0.05, 0.1) is 0 Å². The summed E-state index contributed by atoms with van der Waals surface area (Å²) < 4.78 is 20.8. The Balaban J connectivity index is 0. The number of carboxylic acids is 2. The lowest BCUT2D eigenvalue weighted by atomic mass is 10.2. The number of carboxylic acid groups (broad SMARTS) is 2. The molecular formula is C10H23NO10P2. The summed E-state index contributed by atoms with van der Waals surface area (Å²) in [6.45, 7) is 1.67. The van der Waals surface area contributed by atoms with E-state index in [1.807, 2.05) is 0 Å². The Morgan fingerprint density at radius 2 is 1.48 bits per heavy atom. The topological polar surface area (TPSA) is 216 Å². The third kappa shape index (κ3) is 14.5. The number of nitrogens with two attached hydrogens (primary N) is 1. The smallest absolute Gasteiger partial charge is 0.339 e. The zero-order valence-corrected chi connectivity index (χ0v) is 14.3. The van der Waals surface area contributed by atoms with Gasteiger partial charge < -0.3 is 35.5 Å². The Morgan fingerprint density at radius 3 is 1.70 bits per heavy atom. The van der Waals surface area contributed by atoms with Crippen molar-refractivity contribution in [3.63, 3.8) is 0 Å². The van der Waals surface area contributed by atoms with Crippen molar-refractivity contribution in [3.05, 3.63) is 0 Å². The molecule has 0 bridgehead atoms. The lowest BCUT2D eigenvalue weighted by Crippen LogP contribution is -2.29. The Labute approximate surface area is 132 Å². The number of hydrogen-bond donors (Lipinski definition) is 7. The second-order valence-corrected chi connectivity index (χ2v) is 8.29. The van der Waals surface area contributed by atoms with Crippen LogP contribution in [0.3, 0.4) is 0 Å². The van der Waals surface area contributed by atoms with E-state index in [1.165, 1.54) is 0 Å². The maximum Gasteiger partial charge on any atom is 0.339 e. The Hall–Kier alpha value is -0.800. The Kier molecular flexibility index (Phi) is 11.6. The molecule has 0 saturated heterocycles. The van der Waals surface area contributed by atoms with Gasteiger partial charge in [-0.1, -0.05) is 13.3 Å². The van der Waals surface area contributed by atoms with Crippen LogP contribution in [0.15, 0.2) is 0 Å². The second kappa shape index (κ2) is 10.9. The predicted molar refractivity (Wildman–Crippen MR) is 80.1 cm³/mol. The average Bonchev–Trinajstić information content (AvgIpc) is 2.33. The molecule has 11 nitrogen and oxygen atoms in total. The largest absolute Gasteiger partial charge is 0.481 e. The highest BCUT2D eigenvalue weighted by Gasteiger charge is 2.34. The van der Waals surface area contributed by atoms with E-state index in [0.29, 0.717) is 6.42 Å². The highest BCUT2D eigenvalue weighted by molar-refractivity contribution is 7.53. The molecular weight excluding hydrogens is 356 g/mol. The fourth-order valence-electron chi connectivity index (χ4n) is 1.35. The first-order valence-corrected chi connectivity index (χ1v) is 10.0. The van der Waals surface area contributed by atoms with Crippen molar-refractivity contribution in [3.8, 4) is 0 Å². The summed E-state index contributed by atoms with van der Waals surface area (Å²) >= 11 is 0. The number of rotatable bonds is 9. The van der Waals surface area contributed by atoms with Crippen LogP contribution in [0.1, 0.15) is 32.6 Å². The highest BCUT2D eigenvalue weighted by atomic mass is 31.2. The molecule has 0 aliphatic heterocycles. The van der Waals surface area contributed by atoms with Crippen molar-refractivity contribution >= 4 is 27.1 Å². The van der Waals surface area contributed by atoms with Crippen molar-refractivity contribution in [1.29, 1.82) is 0 Å². The third-order valence-electron chi connectivity index (χ3n) is 2.53. The van der Waals surface area contributed by atoms with Gasteiger partial charge in [-0.25, -0.2) is 0 Å². The Bertz CT molecular complexity index is 470. The SMILES string of the molecule is CCCC(C(=O)O)P(=O)(O)O.N[C@H](CCCP(=O)(O)O)C(=O)O. The summed E-state index contributed by atoms with van der Waals surface area (Å²) in [6, 6.07) is -1.03. The molecule has 2 atom stereocenters. The minimum Gasteiger partial charge on any atom is -0.481 e. The first-order chi connectivity index (χ1) is 10.2.